The van der Waals surface area contributed by atoms with Gasteiger partial charge in [-0.05, 0) is 31.9 Å². The molecule has 0 bridgehead atoms. The molecule has 3 heterocycles. The number of H-pyrrole nitrogens is 1. The van der Waals surface area contributed by atoms with Crippen LogP contribution in [0.3, 0.4) is 0 Å². The van der Waals surface area contributed by atoms with Gasteiger partial charge in [-0.15, -0.1) is 0 Å². The van der Waals surface area contributed by atoms with Gasteiger partial charge in [-0.1, -0.05) is 0 Å². The topological polar surface area (TPSA) is 109 Å². The van der Waals surface area contributed by atoms with Crippen LogP contribution in [0.5, 0.6) is 0 Å². The first-order valence-corrected chi connectivity index (χ1v) is 7.55. The number of primary amides is 1. The van der Waals surface area contributed by atoms with Gasteiger partial charge < -0.3 is 15.6 Å². The molecule has 3 rings (SSSR count). The van der Waals surface area contributed by atoms with Crippen molar-refractivity contribution in [2.24, 2.45) is 11.7 Å². The van der Waals surface area contributed by atoms with Crippen molar-refractivity contribution >= 4 is 22.8 Å². The highest BCUT2D eigenvalue weighted by Crippen LogP contribution is 2.18. The first-order valence-electron chi connectivity index (χ1n) is 7.55. The predicted molar refractivity (Wildman–Crippen MR) is 84.9 cm³/mol. The van der Waals surface area contributed by atoms with Crippen LogP contribution in [0.2, 0.25) is 0 Å². The van der Waals surface area contributed by atoms with Gasteiger partial charge in [0.2, 0.25) is 11.3 Å². The van der Waals surface area contributed by atoms with E-state index in [4.69, 9.17) is 5.73 Å². The van der Waals surface area contributed by atoms with E-state index < -0.39 is 0 Å². The molecule has 1 fully saturated rings. The molecular formula is C16H18N4O3. The van der Waals surface area contributed by atoms with E-state index in [0.29, 0.717) is 37.0 Å². The van der Waals surface area contributed by atoms with Gasteiger partial charge in [-0.25, -0.2) is 4.98 Å². The van der Waals surface area contributed by atoms with E-state index in [2.05, 4.69) is 9.97 Å². The second kappa shape index (κ2) is 5.83. The van der Waals surface area contributed by atoms with Crippen molar-refractivity contribution in [2.45, 2.75) is 19.8 Å². The summed E-state index contributed by atoms with van der Waals surface area (Å²) in [5.74, 6) is -0.847. The molecule has 0 atom stereocenters. The van der Waals surface area contributed by atoms with Gasteiger partial charge in [0.1, 0.15) is 11.2 Å². The number of hydrogen-bond acceptors (Lipinski definition) is 4. The van der Waals surface area contributed by atoms with Crippen molar-refractivity contribution in [1.82, 2.24) is 14.9 Å². The molecule has 2 aromatic rings. The number of amides is 2. The van der Waals surface area contributed by atoms with Crippen LogP contribution in [0.1, 0.15) is 28.9 Å². The molecule has 23 heavy (non-hydrogen) atoms. The maximum atomic E-state index is 12.6. The summed E-state index contributed by atoms with van der Waals surface area (Å²) in [6, 6.07) is 3.41. The molecule has 0 aliphatic carbocycles. The number of nitrogens with two attached hydrogens (primary N) is 1. The number of nitrogens with one attached hydrogen (secondary N) is 1. The number of piperidine rings is 1. The van der Waals surface area contributed by atoms with E-state index in [9.17, 15) is 14.4 Å². The number of carbonyl (C=O) groups is 2. The lowest BCUT2D eigenvalue weighted by Crippen LogP contribution is -2.43. The smallest absolute Gasteiger partial charge is 0.259 e. The van der Waals surface area contributed by atoms with Crippen molar-refractivity contribution in [3.05, 3.63) is 39.8 Å². The van der Waals surface area contributed by atoms with Crippen LogP contribution in [0.4, 0.5) is 0 Å². The van der Waals surface area contributed by atoms with Gasteiger partial charge in [0.05, 0.1) is 5.39 Å². The molecule has 1 aliphatic heterocycles. The van der Waals surface area contributed by atoms with E-state index in [1.54, 1.807) is 17.0 Å². The Labute approximate surface area is 132 Å². The normalized spacial score (nSPS) is 15.8. The van der Waals surface area contributed by atoms with Crippen LogP contribution in [0.25, 0.3) is 11.0 Å². The summed E-state index contributed by atoms with van der Waals surface area (Å²) < 4.78 is 0. The lowest BCUT2D eigenvalue weighted by molar-refractivity contribution is -0.123. The zero-order valence-corrected chi connectivity index (χ0v) is 12.8. The molecule has 1 saturated heterocycles. The molecule has 0 aromatic carbocycles. The largest absolute Gasteiger partial charge is 0.369 e. The molecule has 3 N–H and O–H groups in total. The number of likely N-dealkylation sites (tertiary alicyclic amines) is 1. The fourth-order valence-electron chi connectivity index (χ4n) is 2.90. The summed E-state index contributed by atoms with van der Waals surface area (Å²) in [5, 5.41) is 0.397. The maximum Gasteiger partial charge on any atom is 0.259 e. The van der Waals surface area contributed by atoms with Gasteiger partial charge in [0.25, 0.3) is 5.91 Å². The Kier molecular flexibility index (Phi) is 3.85. The lowest BCUT2D eigenvalue weighted by atomic mass is 9.96. The SMILES string of the molecule is Cc1ccc2c(=O)c(C(=O)N3CCC(C(N)=O)CC3)c[nH]c2n1. The standard InChI is InChI=1S/C16H18N4O3/c1-9-2-3-11-13(21)12(8-18-15(11)19-9)16(23)20-6-4-10(5-7-20)14(17)22/h2-3,8,10H,4-7H2,1H3,(H2,17,22)(H,18,19,21). The third kappa shape index (κ3) is 2.81. The summed E-state index contributed by atoms with van der Waals surface area (Å²) in [4.78, 5) is 45.0. The summed E-state index contributed by atoms with van der Waals surface area (Å²) in [6.45, 7) is 2.69. The van der Waals surface area contributed by atoms with Crippen molar-refractivity contribution in [1.29, 1.82) is 0 Å². The molecule has 2 aromatic heterocycles. The molecule has 0 spiro atoms. The Bertz CT molecular complexity index is 835. The van der Waals surface area contributed by atoms with Gasteiger partial charge in [0.15, 0.2) is 0 Å². The fourth-order valence-corrected chi connectivity index (χ4v) is 2.90. The Morgan fingerprint density at radius 3 is 2.65 bits per heavy atom. The van der Waals surface area contributed by atoms with E-state index >= 15 is 0 Å². The lowest BCUT2D eigenvalue weighted by Gasteiger charge is -2.30. The Hall–Kier alpha value is -2.70. The Morgan fingerprint density at radius 1 is 1.30 bits per heavy atom. The molecule has 7 nitrogen and oxygen atoms in total. The van der Waals surface area contributed by atoms with E-state index in [-0.39, 0.29) is 28.7 Å². The van der Waals surface area contributed by atoms with Crippen molar-refractivity contribution in [3.8, 4) is 0 Å². The minimum Gasteiger partial charge on any atom is -0.369 e. The molecular weight excluding hydrogens is 296 g/mol. The predicted octanol–water partition coefficient (Wildman–Crippen LogP) is 0.569. The maximum absolute atomic E-state index is 12.6. The number of hydrogen-bond donors (Lipinski definition) is 2. The first-order chi connectivity index (χ1) is 11.0. The number of rotatable bonds is 2. The van der Waals surface area contributed by atoms with Crippen molar-refractivity contribution in [3.63, 3.8) is 0 Å². The van der Waals surface area contributed by atoms with Crippen molar-refractivity contribution in [2.75, 3.05) is 13.1 Å². The van der Waals surface area contributed by atoms with Crippen molar-refractivity contribution < 1.29 is 9.59 Å². The molecule has 1 aliphatic rings. The van der Waals surface area contributed by atoms with Crippen LogP contribution in [0, 0.1) is 12.8 Å². The van der Waals surface area contributed by atoms with Crippen LogP contribution < -0.4 is 11.2 Å². The third-order valence-corrected chi connectivity index (χ3v) is 4.29. The second-order valence-electron chi connectivity index (χ2n) is 5.85. The number of pyridine rings is 2. The highest BCUT2D eigenvalue weighted by atomic mass is 16.2. The summed E-state index contributed by atoms with van der Waals surface area (Å²) >= 11 is 0. The number of fused-ring (bicyclic) bond motifs is 1. The fraction of sp³-hybridized carbons (Fsp3) is 0.375. The zero-order valence-electron chi connectivity index (χ0n) is 12.8. The van der Waals surface area contributed by atoms with Crippen LogP contribution in [-0.2, 0) is 4.79 Å². The number of nitrogens with zero attached hydrogens (tertiary/aromatic N) is 2. The minimum absolute atomic E-state index is 0.0979. The van der Waals surface area contributed by atoms with E-state index in [0.717, 1.165) is 5.69 Å². The molecule has 120 valence electrons. The van der Waals surface area contributed by atoms with Gasteiger partial charge in [0, 0.05) is 30.9 Å². The second-order valence-corrected chi connectivity index (χ2v) is 5.85. The number of aryl methyl sites for hydroxylation is 1. The van der Waals surface area contributed by atoms with Gasteiger partial charge >= 0.3 is 0 Å². The van der Waals surface area contributed by atoms with Crippen LogP contribution >= 0.6 is 0 Å². The highest BCUT2D eigenvalue weighted by Gasteiger charge is 2.27. The zero-order chi connectivity index (χ0) is 16.6. The quantitative estimate of drug-likeness (QED) is 0.844. The average molecular weight is 314 g/mol. The van der Waals surface area contributed by atoms with Gasteiger partial charge in [-0.3, -0.25) is 14.4 Å². The Morgan fingerprint density at radius 2 is 2.00 bits per heavy atom. The minimum atomic E-state index is -0.331. The number of aromatic nitrogens is 2. The van der Waals surface area contributed by atoms with E-state index in [1.807, 2.05) is 6.92 Å². The summed E-state index contributed by atoms with van der Waals surface area (Å²) in [6.07, 6.45) is 2.49. The summed E-state index contributed by atoms with van der Waals surface area (Å²) in [7, 11) is 0. The third-order valence-electron chi connectivity index (χ3n) is 4.29. The van der Waals surface area contributed by atoms with Crippen LogP contribution in [0.15, 0.2) is 23.1 Å². The summed E-state index contributed by atoms with van der Waals surface area (Å²) in [5.41, 5.74) is 6.33. The molecule has 7 heteroatoms. The monoisotopic (exact) mass is 314 g/mol. The average Bonchev–Trinajstić information content (AvgIpc) is 2.54. The number of carbonyl (C=O) groups excluding carboxylic acids is 2. The molecule has 2 amide bonds. The molecule has 0 radical (unpaired) electrons. The Balaban J connectivity index is 1.87. The number of aromatic amines is 1. The van der Waals surface area contributed by atoms with Gasteiger partial charge in [-0.2, -0.15) is 0 Å². The van der Waals surface area contributed by atoms with E-state index in [1.165, 1.54) is 6.20 Å². The molecule has 0 unspecified atom stereocenters. The van der Waals surface area contributed by atoms with Crippen LogP contribution in [-0.4, -0.2) is 39.8 Å². The first kappa shape index (κ1) is 15.2. The molecule has 0 saturated carbocycles. The highest BCUT2D eigenvalue weighted by molar-refractivity contribution is 5.96.